The maximum Gasteiger partial charge on any atom is 0.0851 e. The first-order chi connectivity index (χ1) is 15.5. The lowest BCUT2D eigenvalue weighted by Gasteiger charge is -2.37. The number of hydrogen-bond donors (Lipinski definition) is 2. The van der Waals surface area contributed by atoms with Crippen LogP contribution in [0, 0.1) is 6.92 Å². The van der Waals surface area contributed by atoms with Crippen LogP contribution in [0.5, 0.6) is 0 Å². The third-order valence-electron chi connectivity index (χ3n) is 7.44. The molecule has 0 radical (unpaired) electrons. The van der Waals surface area contributed by atoms with Gasteiger partial charge in [-0.3, -0.25) is 0 Å². The van der Waals surface area contributed by atoms with Gasteiger partial charge in [-0.25, -0.2) is 0 Å². The Morgan fingerprint density at radius 3 is 2.00 bits per heavy atom. The molecule has 4 fully saturated rings. The highest BCUT2D eigenvalue weighted by molar-refractivity contribution is 5.64. The summed E-state index contributed by atoms with van der Waals surface area (Å²) in [5.74, 6) is 0. The van der Waals surface area contributed by atoms with Gasteiger partial charge in [0.05, 0.1) is 50.8 Å². The zero-order valence-corrected chi connectivity index (χ0v) is 18.6. The molecule has 6 rings (SSSR count). The van der Waals surface area contributed by atoms with Crippen molar-refractivity contribution in [1.29, 1.82) is 0 Å². The van der Waals surface area contributed by atoms with Crippen LogP contribution >= 0.6 is 0 Å². The van der Waals surface area contributed by atoms with Crippen molar-refractivity contribution in [3.8, 4) is 0 Å². The molecule has 0 aromatic heterocycles. The van der Waals surface area contributed by atoms with E-state index < -0.39 is 0 Å². The van der Waals surface area contributed by atoms with E-state index in [-0.39, 0.29) is 17.6 Å². The summed E-state index contributed by atoms with van der Waals surface area (Å²) in [7, 11) is 0. The minimum Gasteiger partial charge on any atom is -0.399 e. The van der Waals surface area contributed by atoms with Crippen molar-refractivity contribution in [3.05, 3.63) is 58.1 Å². The molecule has 4 heterocycles. The predicted molar refractivity (Wildman–Crippen MR) is 123 cm³/mol. The van der Waals surface area contributed by atoms with E-state index in [9.17, 15) is 0 Å². The number of anilines is 2. The molecular formula is C26H32N2O4. The average molecular weight is 437 g/mol. The Balaban J connectivity index is 1.52. The minimum atomic E-state index is -0.260. The SMILES string of the molecule is Cc1c(C(CC2CO2)(CC2CO2)c2cccc(N)c2)cc(CC2CO2)c(CC2CO2)c1N. The van der Waals surface area contributed by atoms with Crippen LogP contribution in [-0.4, -0.2) is 50.8 Å². The second-order valence-electron chi connectivity index (χ2n) is 9.95. The molecular weight excluding hydrogens is 404 g/mol. The van der Waals surface area contributed by atoms with Crippen LogP contribution in [0.25, 0.3) is 0 Å². The quantitative estimate of drug-likeness (QED) is 0.439. The fraction of sp³-hybridized carbons (Fsp3) is 0.538. The Hall–Kier alpha value is -2.12. The van der Waals surface area contributed by atoms with Gasteiger partial charge in [0.1, 0.15) is 0 Å². The lowest BCUT2D eigenvalue weighted by Crippen LogP contribution is -2.33. The van der Waals surface area contributed by atoms with E-state index in [0.717, 1.165) is 69.0 Å². The molecule has 6 heteroatoms. The molecule has 0 saturated carbocycles. The van der Waals surface area contributed by atoms with Gasteiger partial charge in [0.2, 0.25) is 0 Å². The summed E-state index contributed by atoms with van der Waals surface area (Å²) in [5, 5.41) is 0. The highest BCUT2D eigenvalue weighted by atomic mass is 16.6. The van der Waals surface area contributed by atoms with Gasteiger partial charge in [-0.05, 0) is 59.7 Å². The summed E-state index contributed by atoms with van der Waals surface area (Å²) in [6, 6.07) is 10.7. The summed E-state index contributed by atoms with van der Waals surface area (Å²) in [5.41, 5.74) is 20.7. The van der Waals surface area contributed by atoms with Gasteiger partial charge in [0.15, 0.2) is 0 Å². The Kier molecular flexibility index (Phi) is 4.95. The van der Waals surface area contributed by atoms with E-state index in [1.807, 2.05) is 6.07 Å². The third-order valence-corrected chi connectivity index (χ3v) is 7.44. The van der Waals surface area contributed by atoms with Crippen LogP contribution in [0.1, 0.15) is 40.7 Å². The van der Waals surface area contributed by atoms with Gasteiger partial charge in [0, 0.05) is 29.6 Å². The van der Waals surface area contributed by atoms with E-state index in [2.05, 4.69) is 31.2 Å². The molecule has 4 aliphatic heterocycles. The van der Waals surface area contributed by atoms with E-state index in [1.54, 1.807) is 0 Å². The molecule has 32 heavy (non-hydrogen) atoms. The van der Waals surface area contributed by atoms with Crippen molar-refractivity contribution in [2.45, 2.75) is 62.4 Å². The molecule has 4 unspecified atom stereocenters. The number of epoxide rings is 4. The van der Waals surface area contributed by atoms with Gasteiger partial charge >= 0.3 is 0 Å². The largest absolute Gasteiger partial charge is 0.399 e. The number of hydrogen-bond acceptors (Lipinski definition) is 6. The van der Waals surface area contributed by atoms with Crippen molar-refractivity contribution in [2.24, 2.45) is 0 Å². The smallest absolute Gasteiger partial charge is 0.0851 e. The highest BCUT2D eigenvalue weighted by Gasteiger charge is 2.46. The number of nitrogen functional groups attached to an aromatic ring is 2. The van der Waals surface area contributed by atoms with E-state index in [0.29, 0.717) is 12.2 Å². The Labute approximate surface area is 189 Å². The van der Waals surface area contributed by atoms with Crippen molar-refractivity contribution in [3.63, 3.8) is 0 Å². The molecule has 0 amide bonds. The van der Waals surface area contributed by atoms with Crippen molar-refractivity contribution >= 4 is 11.4 Å². The van der Waals surface area contributed by atoms with Gasteiger partial charge in [0.25, 0.3) is 0 Å². The number of ether oxygens (including phenoxy) is 4. The predicted octanol–water partition coefficient (Wildman–Crippen LogP) is 2.91. The molecule has 2 aromatic rings. The van der Waals surface area contributed by atoms with Gasteiger partial charge < -0.3 is 30.4 Å². The highest BCUT2D eigenvalue weighted by Crippen LogP contribution is 2.49. The molecule has 6 nitrogen and oxygen atoms in total. The summed E-state index contributed by atoms with van der Waals surface area (Å²) in [4.78, 5) is 0. The summed E-state index contributed by atoms with van der Waals surface area (Å²) in [6.45, 7) is 5.44. The molecule has 0 spiro atoms. The fourth-order valence-electron chi connectivity index (χ4n) is 5.36. The van der Waals surface area contributed by atoms with E-state index in [4.69, 9.17) is 30.4 Å². The van der Waals surface area contributed by atoms with E-state index >= 15 is 0 Å². The lowest BCUT2D eigenvalue weighted by atomic mass is 9.66. The number of nitrogens with two attached hydrogens (primary N) is 2. The average Bonchev–Trinajstić information content (AvgIpc) is 3.61. The second-order valence-corrected chi connectivity index (χ2v) is 9.95. The van der Waals surface area contributed by atoms with Gasteiger partial charge in [-0.1, -0.05) is 18.2 Å². The minimum absolute atomic E-state index is 0.255. The van der Waals surface area contributed by atoms with Crippen molar-refractivity contribution in [1.82, 2.24) is 0 Å². The molecule has 4 aliphatic rings. The Morgan fingerprint density at radius 2 is 1.44 bits per heavy atom. The number of benzene rings is 2. The van der Waals surface area contributed by atoms with Crippen molar-refractivity contribution in [2.75, 3.05) is 37.9 Å². The van der Waals surface area contributed by atoms with Gasteiger partial charge in [-0.15, -0.1) is 0 Å². The monoisotopic (exact) mass is 436 g/mol. The molecule has 2 aromatic carbocycles. The molecule has 0 aliphatic carbocycles. The van der Waals surface area contributed by atoms with Gasteiger partial charge in [-0.2, -0.15) is 0 Å². The number of rotatable bonds is 10. The van der Waals surface area contributed by atoms with Crippen LogP contribution in [0.3, 0.4) is 0 Å². The molecule has 0 bridgehead atoms. The first kappa shape index (κ1) is 20.5. The molecule has 170 valence electrons. The maximum atomic E-state index is 6.87. The van der Waals surface area contributed by atoms with Crippen LogP contribution in [0.4, 0.5) is 11.4 Å². The Morgan fingerprint density at radius 1 is 0.844 bits per heavy atom. The standard InChI is InChI=1S/C26H32N2O4/c1-15-24(6-16(5-19-11-29-19)23(25(15)28)8-20-12-30-20)26(9-21-13-31-21,10-22-14-32-22)17-3-2-4-18(27)7-17/h2-4,6-7,19-22H,5,8-14,27-28H2,1H3. The zero-order valence-electron chi connectivity index (χ0n) is 18.6. The molecule has 4 saturated heterocycles. The first-order valence-corrected chi connectivity index (χ1v) is 11.8. The second kappa shape index (κ2) is 7.73. The summed E-state index contributed by atoms with van der Waals surface area (Å²) >= 11 is 0. The van der Waals surface area contributed by atoms with Crippen LogP contribution in [0.15, 0.2) is 30.3 Å². The third kappa shape index (κ3) is 4.13. The normalized spacial score (nSPS) is 29.4. The zero-order chi connectivity index (χ0) is 21.9. The summed E-state index contributed by atoms with van der Waals surface area (Å²) < 4.78 is 22.7. The molecule has 4 N–H and O–H groups in total. The lowest BCUT2D eigenvalue weighted by molar-refractivity contribution is 0.299. The summed E-state index contributed by atoms with van der Waals surface area (Å²) in [6.07, 6.45) is 4.67. The Bertz CT molecular complexity index is 1010. The van der Waals surface area contributed by atoms with Crippen molar-refractivity contribution < 1.29 is 18.9 Å². The maximum absolute atomic E-state index is 6.87. The van der Waals surface area contributed by atoms with Crippen LogP contribution < -0.4 is 11.5 Å². The fourth-order valence-corrected chi connectivity index (χ4v) is 5.36. The molecule has 4 atom stereocenters. The van der Waals surface area contributed by atoms with E-state index in [1.165, 1.54) is 22.3 Å². The first-order valence-electron chi connectivity index (χ1n) is 11.8. The topological polar surface area (TPSA) is 102 Å². The van der Waals surface area contributed by atoms with Crippen LogP contribution in [-0.2, 0) is 37.2 Å². The van der Waals surface area contributed by atoms with Crippen LogP contribution in [0.2, 0.25) is 0 Å².